The van der Waals surface area contributed by atoms with Crippen molar-refractivity contribution >= 4 is 11.5 Å². The molecule has 2 N–H and O–H groups in total. The zero-order valence-electron chi connectivity index (χ0n) is 15.9. The van der Waals surface area contributed by atoms with E-state index in [1.807, 2.05) is 17.6 Å². The summed E-state index contributed by atoms with van der Waals surface area (Å²) in [5, 5.41) is 4.56. The minimum atomic E-state index is 0.0777. The highest BCUT2D eigenvalue weighted by Gasteiger charge is 2.25. The highest BCUT2D eigenvalue weighted by atomic mass is 16.5. The van der Waals surface area contributed by atoms with Crippen molar-refractivity contribution in [2.45, 2.75) is 72.3 Å². The molecule has 2 heterocycles. The fourth-order valence-corrected chi connectivity index (χ4v) is 4.34. The predicted molar refractivity (Wildman–Crippen MR) is 99.6 cm³/mol. The molecule has 2 unspecified atom stereocenters. The van der Waals surface area contributed by atoms with E-state index in [2.05, 4.69) is 35.8 Å². The molecule has 3 atom stereocenters. The molecule has 0 aromatic carbocycles. The van der Waals surface area contributed by atoms with Gasteiger partial charge in [0.1, 0.15) is 0 Å². The van der Waals surface area contributed by atoms with Gasteiger partial charge < -0.3 is 10.5 Å². The van der Waals surface area contributed by atoms with E-state index in [0.29, 0.717) is 23.4 Å². The lowest BCUT2D eigenvalue weighted by atomic mass is 9.75. The highest BCUT2D eigenvalue weighted by molar-refractivity contribution is 5.59. The number of hydrogen-bond donors (Lipinski definition) is 1. The van der Waals surface area contributed by atoms with Crippen LogP contribution in [-0.4, -0.2) is 25.7 Å². The SMILES string of the molecule is CCC[C@H](C)Oc1nc(N)c2ncc(CC3CC(C)CC(C)C3)n2n1. The van der Waals surface area contributed by atoms with Gasteiger partial charge in [0.25, 0.3) is 0 Å². The van der Waals surface area contributed by atoms with Crippen molar-refractivity contribution in [1.29, 1.82) is 0 Å². The van der Waals surface area contributed by atoms with Gasteiger partial charge in [-0.25, -0.2) is 9.50 Å². The second kappa shape index (κ2) is 7.58. The van der Waals surface area contributed by atoms with Crippen LogP contribution in [0.2, 0.25) is 0 Å². The van der Waals surface area contributed by atoms with Crippen LogP contribution in [0.25, 0.3) is 5.65 Å². The van der Waals surface area contributed by atoms with Gasteiger partial charge in [-0.1, -0.05) is 27.2 Å². The second-order valence-corrected chi connectivity index (χ2v) is 7.97. The standard InChI is InChI=1S/C19H31N5O/c1-5-6-14(4)25-19-22-17(20)18-21-11-16(24(18)23-19)10-15-8-12(2)7-13(3)9-15/h11-15H,5-10H2,1-4H3,(H2,20,22,23)/t12?,13?,14-,15?/m0/s1. The number of fused-ring (bicyclic) bond motifs is 1. The highest BCUT2D eigenvalue weighted by Crippen LogP contribution is 2.34. The quantitative estimate of drug-likeness (QED) is 0.859. The smallest absolute Gasteiger partial charge is 0.336 e. The van der Waals surface area contributed by atoms with Crippen molar-refractivity contribution in [2.24, 2.45) is 17.8 Å². The van der Waals surface area contributed by atoms with Gasteiger partial charge in [-0.2, -0.15) is 4.98 Å². The second-order valence-electron chi connectivity index (χ2n) is 7.97. The number of nitrogens with two attached hydrogens (primary N) is 1. The first-order valence-electron chi connectivity index (χ1n) is 9.63. The summed E-state index contributed by atoms with van der Waals surface area (Å²) >= 11 is 0. The number of nitrogen functional groups attached to an aromatic ring is 1. The summed E-state index contributed by atoms with van der Waals surface area (Å²) in [5.41, 5.74) is 7.81. The lowest BCUT2D eigenvalue weighted by Crippen LogP contribution is -2.22. The summed E-state index contributed by atoms with van der Waals surface area (Å²) in [5.74, 6) is 2.64. The van der Waals surface area contributed by atoms with Crippen molar-refractivity contribution in [3.8, 4) is 6.01 Å². The van der Waals surface area contributed by atoms with E-state index in [4.69, 9.17) is 10.5 Å². The summed E-state index contributed by atoms with van der Waals surface area (Å²) in [6, 6.07) is 0.343. The summed E-state index contributed by atoms with van der Waals surface area (Å²) in [4.78, 5) is 8.70. The zero-order chi connectivity index (χ0) is 18.0. The van der Waals surface area contributed by atoms with Crippen LogP contribution < -0.4 is 10.5 Å². The Morgan fingerprint density at radius 3 is 2.68 bits per heavy atom. The van der Waals surface area contributed by atoms with Gasteiger partial charge in [0, 0.05) is 0 Å². The Morgan fingerprint density at radius 2 is 2.00 bits per heavy atom. The van der Waals surface area contributed by atoms with Crippen LogP contribution >= 0.6 is 0 Å². The first-order valence-corrected chi connectivity index (χ1v) is 9.63. The maximum atomic E-state index is 6.08. The van der Waals surface area contributed by atoms with Crippen molar-refractivity contribution in [3.05, 3.63) is 11.9 Å². The number of nitrogens with zero attached hydrogens (tertiary/aromatic N) is 4. The molecule has 1 saturated carbocycles. The monoisotopic (exact) mass is 345 g/mol. The molecule has 138 valence electrons. The molecule has 2 aromatic rings. The Morgan fingerprint density at radius 1 is 1.28 bits per heavy atom. The average molecular weight is 345 g/mol. The molecular weight excluding hydrogens is 314 g/mol. The van der Waals surface area contributed by atoms with E-state index in [1.54, 1.807) is 0 Å². The minimum Gasteiger partial charge on any atom is -0.459 e. The summed E-state index contributed by atoms with van der Waals surface area (Å²) in [6.45, 7) is 8.89. The van der Waals surface area contributed by atoms with E-state index >= 15 is 0 Å². The molecule has 3 rings (SSSR count). The topological polar surface area (TPSA) is 78.3 Å². The van der Waals surface area contributed by atoms with Crippen molar-refractivity contribution in [3.63, 3.8) is 0 Å². The van der Waals surface area contributed by atoms with Crippen LogP contribution in [0.15, 0.2) is 6.20 Å². The lowest BCUT2D eigenvalue weighted by Gasteiger charge is -2.31. The molecule has 0 saturated heterocycles. The fraction of sp³-hybridized carbons (Fsp3) is 0.737. The van der Waals surface area contributed by atoms with Gasteiger partial charge in [-0.3, -0.25) is 0 Å². The molecule has 0 amide bonds. The Labute approximate surface area is 150 Å². The molecule has 0 radical (unpaired) electrons. The van der Waals surface area contributed by atoms with Gasteiger partial charge in [0.15, 0.2) is 11.5 Å². The third-order valence-electron chi connectivity index (χ3n) is 5.22. The van der Waals surface area contributed by atoms with E-state index in [0.717, 1.165) is 36.8 Å². The Bertz CT molecular complexity index is 703. The number of imidazole rings is 1. The molecule has 6 nitrogen and oxygen atoms in total. The van der Waals surface area contributed by atoms with Gasteiger partial charge in [0.05, 0.1) is 18.0 Å². The maximum absolute atomic E-state index is 6.08. The number of hydrogen-bond acceptors (Lipinski definition) is 5. The molecule has 25 heavy (non-hydrogen) atoms. The number of ether oxygens (including phenoxy) is 1. The Hall–Kier alpha value is -1.85. The normalized spacial score (nSPS) is 25.2. The number of anilines is 1. The van der Waals surface area contributed by atoms with Crippen LogP contribution in [0.5, 0.6) is 6.01 Å². The van der Waals surface area contributed by atoms with Crippen LogP contribution in [0.3, 0.4) is 0 Å². The number of aromatic nitrogens is 4. The molecule has 0 aliphatic heterocycles. The number of rotatable bonds is 6. The largest absolute Gasteiger partial charge is 0.459 e. The summed E-state index contributed by atoms with van der Waals surface area (Å²) in [6.07, 6.45) is 8.87. The van der Waals surface area contributed by atoms with E-state index in [-0.39, 0.29) is 6.10 Å². The van der Waals surface area contributed by atoms with E-state index < -0.39 is 0 Å². The molecule has 1 aliphatic carbocycles. The van der Waals surface area contributed by atoms with Gasteiger partial charge in [-0.15, -0.1) is 5.10 Å². The Balaban J connectivity index is 1.82. The first kappa shape index (κ1) is 18.0. The first-order chi connectivity index (χ1) is 12.0. The van der Waals surface area contributed by atoms with Crippen LogP contribution in [0.1, 0.15) is 65.5 Å². The lowest BCUT2D eigenvalue weighted by molar-refractivity contribution is 0.189. The fourth-order valence-electron chi connectivity index (χ4n) is 4.34. The zero-order valence-corrected chi connectivity index (χ0v) is 15.9. The van der Waals surface area contributed by atoms with Crippen molar-refractivity contribution in [1.82, 2.24) is 19.6 Å². The molecule has 0 spiro atoms. The summed E-state index contributed by atoms with van der Waals surface area (Å²) < 4.78 is 7.67. The summed E-state index contributed by atoms with van der Waals surface area (Å²) in [7, 11) is 0. The molecule has 6 heteroatoms. The van der Waals surface area contributed by atoms with Gasteiger partial charge in [0.2, 0.25) is 0 Å². The molecular formula is C19H31N5O. The average Bonchev–Trinajstić information content (AvgIpc) is 2.90. The third kappa shape index (κ3) is 4.22. The van der Waals surface area contributed by atoms with E-state index in [1.165, 1.54) is 19.3 Å². The van der Waals surface area contributed by atoms with Crippen LogP contribution in [0, 0.1) is 17.8 Å². The molecule has 1 aliphatic rings. The van der Waals surface area contributed by atoms with Gasteiger partial charge in [-0.05, 0) is 56.8 Å². The van der Waals surface area contributed by atoms with E-state index in [9.17, 15) is 0 Å². The Kier molecular flexibility index (Phi) is 5.45. The van der Waals surface area contributed by atoms with Crippen molar-refractivity contribution in [2.75, 3.05) is 5.73 Å². The molecule has 2 aromatic heterocycles. The van der Waals surface area contributed by atoms with Crippen LogP contribution in [-0.2, 0) is 6.42 Å². The van der Waals surface area contributed by atoms with Crippen molar-refractivity contribution < 1.29 is 4.74 Å². The maximum Gasteiger partial charge on any atom is 0.336 e. The third-order valence-corrected chi connectivity index (χ3v) is 5.22. The van der Waals surface area contributed by atoms with Gasteiger partial charge >= 0.3 is 6.01 Å². The molecule has 1 fully saturated rings. The predicted octanol–water partition coefficient (Wildman–Crippen LogP) is 3.89. The van der Waals surface area contributed by atoms with Crippen LogP contribution in [0.4, 0.5) is 5.82 Å². The minimum absolute atomic E-state index is 0.0777. The molecule has 0 bridgehead atoms.